The zero-order chi connectivity index (χ0) is 24.4. The summed E-state index contributed by atoms with van der Waals surface area (Å²) >= 11 is 2.48. The molecule has 0 aromatic heterocycles. The molecule has 0 amide bonds. The molecule has 2 atom stereocenters. The van der Waals surface area contributed by atoms with Crippen LogP contribution in [-0.4, -0.2) is 28.9 Å². The smallest absolute Gasteiger partial charge is 0.119 e. The van der Waals surface area contributed by atoms with E-state index in [2.05, 4.69) is 72.8 Å². The minimum atomic E-state index is 0.0998. The Morgan fingerprint density at radius 1 is 0.676 bits per heavy atom. The lowest BCUT2D eigenvalue weighted by Gasteiger charge is -2.22. The lowest BCUT2D eigenvalue weighted by atomic mass is 9.93. The standard InChI is InChI=1S/C30H45IO3/c1-3-5-7-9-11-21-33-27-17-13-25(14-18-27)23-30(31)29(24-32)26-15-19-28(20-16-26)34-22-12-10-8-6-4-2/h13-20,29-30,32H,3-12,21-24H2,1-2H3. The molecule has 0 aliphatic carbocycles. The molecule has 0 aliphatic heterocycles. The Morgan fingerprint density at radius 2 is 1.15 bits per heavy atom. The Bertz CT molecular complexity index is 745. The van der Waals surface area contributed by atoms with Gasteiger partial charge in [-0.15, -0.1) is 0 Å². The number of unbranched alkanes of at least 4 members (excludes halogenated alkanes) is 8. The molecule has 0 bridgehead atoms. The molecule has 0 aliphatic rings. The maximum Gasteiger partial charge on any atom is 0.119 e. The SMILES string of the molecule is CCCCCCCOc1ccc(CC(I)C(CO)c2ccc(OCCCCCCC)cc2)cc1. The highest BCUT2D eigenvalue weighted by Crippen LogP contribution is 2.30. The number of hydrogen-bond donors (Lipinski definition) is 1. The maximum absolute atomic E-state index is 10.1. The van der Waals surface area contributed by atoms with Crippen LogP contribution in [0.1, 0.15) is 95.1 Å². The largest absolute Gasteiger partial charge is 0.494 e. The first kappa shape index (κ1) is 29.0. The van der Waals surface area contributed by atoms with Crippen molar-refractivity contribution in [3.63, 3.8) is 0 Å². The topological polar surface area (TPSA) is 38.7 Å². The van der Waals surface area contributed by atoms with Crippen LogP contribution in [0, 0.1) is 0 Å². The summed E-state index contributed by atoms with van der Waals surface area (Å²) in [5.74, 6) is 1.97. The summed E-state index contributed by atoms with van der Waals surface area (Å²) in [6.45, 7) is 6.19. The first-order chi connectivity index (χ1) is 16.7. The second-order valence-corrected chi connectivity index (χ2v) is 10.8. The number of aliphatic hydroxyl groups excluding tert-OH is 1. The molecule has 0 fully saturated rings. The highest BCUT2D eigenvalue weighted by molar-refractivity contribution is 14.1. The van der Waals surface area contributed by atoms with Crippen LogP contribution >= 0.6 is 22.6 Å². The van der Waals surface area contributed by atoms with Crippen molar-refractivity contribution < 1.29 is 14.6 Å². The van der Waals surface area contributed by atoms with Crippen molar-refractivity contribution in [2.24, 2.45) is 0 Å². The number of halogens is 1. The third-order valence-electron chi connectivity index (χ3n) is 6.33. The number of ether oxygens (including phenoxy) is 2. The summed E-state index contributed by atoms with van der Waals surface area (Å²) in [6, 6.07) is 16.8. The Labute approximate surface area is 221 Å². The Morgan fingerprint density at radius 3 is 1.62 bits per heavy atom. The molecule has 1 N–H and O–H groups in total. The summed E-state index contributed by atoms with van der Waals surface area (Å²) in [4.78, 5) is 0. The highest BCUT2D eigenvalue weighted by Gasteiger charge is 2.20. The molecule has 3 nitrogen and oxygen atoms in total. The third kappa shape index (κ3) is 11.4. The summed E-state index contributed by atoms with van der Waals surface area (Å²) in [6.07, 6.45) is 13.4. The normalized spacial score (nSPS) is 12.9. The minimum absolute atomic E-state index is 0.0998. The molecule has 2 unspecified atom stereocenters. The molecule has 2 aromatic rings. The number of benzene rings is 2. The van der Waals surface area contributed by atoms with Gasteiger partial charge in [0.25, 0.3) is 0 Å². The van der Waals surface area contributed by atoms with Crippen LogP contribution in [0.4, 0.5) is 0 Å². The zero-order valence-corrected chi connectivity index (χ0v) is 23.5. The number of hydrogen-bond acceptors (Lipinski definition) is 3. The molecule has 34 heavy (non-hydrogen) atoms. The van der Waals surface area contributed by atoms with Gasteiger partial charge in [-0.2, -0.15) is 0 Å². The molecule has 0 saturated heterocycles. The first-order valence-corrected chi connectivity index (χ1v) is 14.6. The van der Waals surface area contributed by atoms with Gasteiger partial charge in [0.2, 0.25) is 0 Å². The summed E-state index contributed by atoms with van der Waals surface area (Å²) in [5.41, 5.74) is 2.44. The maximum atomic E-state index is 10.1. The van der Waals surface area contributed by atoms with Gasteiger partial charge in [0, 0.05) is 9.84 Å². The van der Waals surface area contributed by atoms with Crippen molar-refractivity contribution in [3.05, 3.63) is 59.7 Å². The molecular formula is C30H45IO3. The number of alkyl halides is 1. The molecule has 2 aromatic carbocycles. The predicted molar refractivity (Wildman–Crippen MR) is 153 cm³/mol. The van der Waals surface area contributed by atoms with E-state index >= 15 is 0 Å². The monoisotopic (exact) mass is 580 g/mol. The van der Waals surface area contributed by atoms with Gasteiger partial charge in [-0.25, -0.2) is 0 Å². The molecule has 0 saturated carbocycles. The van der Waals surface area contributed by atoms with Gasteiger partial charge in [-0.05, 0) is 54.7 Å². The van der Waals surface area contributed by atoms with Gasteiger partial charge < -0.3 is 14.6 Å². The molecule has 0 radical (unpaired) electrons. The molecule has 4 heteroatoms. The van der Waals surface area contributed by atoms with E-state index in [0.717, 1.165) is 44.0 Å². The summed E-state index contributed by atoms with van der Waals surface area (Å²) in [7, 11) is 0. The summed E-state index contributed by atoms with van der Waals surface area (Å²) in [5, 5.41) is 10.1. The number of rotatable bonds is 19. The van der Waals surface area contributed by atoms with Crippen LogP contribution < -0.4 is 9.47 Å². The van der Waals surface area contributed by atoms with Crippen molar-refractivity contribution in [1.82, 2.24) is 0 Å². The average molecular weight is 581 g/mol. The lowest BCUT2D eigenvalue weighted by Crippen LogP contribution is -2.18. The Hall–Kier alpha value is -1.27. The average Bonchev–Trinajstić information content (AvgIpc) is 2.86. The van der Waals surface area contributed by atoms with Crippen LogP contribution in [0.2, 0.25) is 0 Å². The second-order valence-electron chi connectivity index (χ2n) is 9.25. The minimum Gasteiger partial charge on any atom is -0.494 e. The van der Waals surface area contributed by atoms with E-state index in [1.165, 1.54) is 62.5 Å². The van der Waals surface area contributed by atoms with E-state index in [1.54, 1.807) is 0 Å². The quantitative estimate of drug-likeness (QED) is 0.103. The molecule has 0 heterocycles. The fourth-order valence-electron chi connectivity index (χ4n) is 4.12. The third-order valence-corrected chi connectivity index (χ3v) is 7.64. The van der Waals surface area contributed by atoms with Gasteiger partial charge in [0.15, 0.2) is 0 Å². The van der Waals surface area contributed by atoms with E-state index < -0.39 is 0 Å². The predicted octanol–water partition coefficient (Wildman–Crippen LogP) is 8.51. The number of aliphatic hydroxyl groups is 1. The van der Waals surface area contributed by atoms with Crippen molar-refractivity contribution in [3.8, 4) is 11.5 Å². The fraction of sp³-hybridized carbons (Fsp3) is 0.600. The first-order valence-electron chi connectivity index (χ1n) is 13.4. The van der Waals surface area contributed by atoms with Gasteiger partial charge in [0.05, 0.1) is 19.8 Å². The van der Waals surface area contributed by atoms with Gasteiger partial charge >= 0.3 is 0 Å². The van der Waals surface area contributed by atoms with E-state index in [0.29, 0.717) is 3.92 Å². The highest BCUT2D eigenvalue weighted by atomic mass is 127. The van der Waals surface area contributed by atoms with Gasteiger partial charge in [-0.3, -0.25) is 0 Å². The fourth-order valence-corrected chi connectivity index (χ4v) is 5.27. The van der Waals surface area contributed by atoms with Crippen LogP contribution in [0.25, 0.3) is 0 Å². The van der Waals surface area contributed by atoms with E-state index in [9.17, 15) is 5.11 Å². The van der Waals surface area contributed by atoms with Gasteiger partial charge in [-0.1, -0.05) is 112 Å². The van der Waals surface area contributed by atoms with Crippen LogP contribution in [0.5, 0.6) is 11.5 Å². The van der Waals surface area contributed by atoms with Crippen LogP contribution in [-0.2, 0) is 6.42 Å². The second kappa shape index (κ2) is 18.1. The van der Waals surface area contributed by atoms with Crippen molar-refractivity contribution in [1.29, 1.82) is 0 Å². The molecule has 2 rings (SSSR count). The lowest BCUT2D eigenvalue weighted by molar-refractivity contribution is 0.264. The van der Waals surface area contributed by atoms with Crippen molar-refractivity contribution in [2.45, 2.75) is 94.3 Å². The van der Waals surface area contributed by atoms with Crippen LogP contribution in [0.15, 0.2) is 48.5 Å². The molecular weight excluding hydrogens is 535 g/mol. The zero-order valence-electron chi connectivity index (χ0n) is 21.3. The molecule has 190 valence electrons. The van der Waals surface area contributed by atoms with E-state index in [4.69, 9.17) is 9.47 Å². The van der Waals surface area contributed by atoms with Crippen molar-refractivity contribution in [2.75, 3.05) is 19.8 Å². The summed E-state index contributed by atoms with van der Waals surface area (Å²) < 4.78 is 12.1. The van der Waals surface area contributed by atoms with Crippen molar-refractivity contribution >= 4 is 22.6 Å². The molecule has 0 spiro atoms. The van der Waals surface area contributed by atoms with Gasteiger partial charge in [0.1, 0.15) is 11.5 Å². The van der Waals surface area contributed by atoms with E-state index in [1.807, 2.05) is 12.1 Å². The Balaban J connectivity index is 1.77. The van der Waals surface area contributed by atoms with E-state index in [-0.39, 0.29) is 12.5 Å². The Kier molecular flexibility index (Phi) is 15.4. The van der Waals surface area contributed by atoms with Crippen LogP contribution in [0.3, 0.4) is 0 Å².